The SMILES string of the molecule is Cc1ccc(S(=O)(=O)Cc2ccc(NC(=O)N[C@H](CC(C)C)C(=O)OC(C)(C)C)cc2)cc1. The van der Waals surface area contributed by atoms with Gasteiger partial charge >= 0.3 is 12.0 Å². The van der Waals surface area contributed by atoms with Gasteiger partial charge in [-0.05, 0) is 69.9 Å². The van der Waals surface area contributed by atoms with Crippen LogP contribution in [0.4, 0.5) is 10.5 Å². The molecule has 0 heterocycles. The Labute approximate surface area is 196 Å². The number of carbonyl (C=O) groups is 2. The average molecular weight is 475 g/mol. The van der Waals surface area contributed by atoms with E-state index in [9.17, 15) is 18.0 Å². The van der Waals surface area contributed by atoms with Gasteiger partial charge in [-0.2, -0.15) is 0 Å². The van der Waals surface area contributed by atoms with E-state index in [2.05, 4.69) is 10.6 Å². The molecule has 0 saturated carbocycles. The molecule has 0 aromatic heterocycles. The van der Waals surface area contributed by atoms with Crippen LogP contribution in [0.15, 0.2) is 53.4 Å². The Bertz CT molecular complexity index is 1050. The minimum absolute atomic E-state index is 0.141. The molecule has 2 aromatic carbocycles. The van der Waals surface area contributed by atoms with Gasteiger partial charge < -0.3 is 15.4 Å². The fourth-order valence-electron chi connectivity index (χ4n) is 3.12. The van der Waals surface area contributed by atoms with Crippen molar-refractivity contribution in [2.24, 2.45) is 5.92 Å². The summed E-state index contributed by atoms with van der Waals surface area (Å²) in [4.78, 5) is 25.2. The number of anilines is 1. The van der Waals surface area contributed by atoms with E-state index in [0.717, 1.165) is 5.56 Å². The number of hydrogen-bond acceptors (Lipinski definition) is 5. The third-order valence-corrected chi connectivity index (χ3v) is 6.36. The van der Waals surface area contributed by atoms with Gasteiger partial charge in [0.1, 0.15) is 11.6 Å². The van der Waals surface area contributed by atoms with Crippen molar-refractivity contribution < 1.29 is 22.7 Å². The highest BCUT2D eigenvalue weighted by Gasteiger charge is 2.27. The van der Waals surface area contributed by atoms with Gasteiger partial charge in [-0.25, -0.2) is 18.0 Å². The lowest BCUT2D eigenvalue weighted by atomic mass is 10.0. The number of nitrogens with one attached hydrogen (secondary N) is 2. The van der Waals surface area contributed by atoms with Crippen LogP contribution in [0.3, 0.4) is 0 Å². The first kappa shape index (κ1) is 26.4. The molecule has 0 saturated heterocycles. The largest absolute Gasteiger partial charge is 0.458 e. The highest BCUT2D eigenvalue weighted by Crippen LogP contribution is 2.19. The number of amides is 2. The summed E-state index contributed by atoms with van der Waals surface area (Å²) >= 11 is 0. The zero-order chi connectivity index (χ0) is 24.8. The molecule has 2 aromatic rings. The van der Waals surface area contributed by atoms with Gasteiger partial charge in [-0.3, -0.25) is 0 Å². The zero-order valence-electron chi connectivity index (χ0n) is 20.1. The summed E-state index contributed by atoms with van der Waals surface area (Å²) in [7, 11) is -3.47. The third kappa shape index (κ3) is 8.88. The number of sulfone groups is 1. The second-order valence-electron chi connectivity index (χ2n) is 9.58. The van der Waals surface area contributed by atoms with Gasteiger partial charge in [0.05, 0.1) is 10.6 Å². The lowest BCUT2D eigenvalue weighted by molar-refractivity contribution is -0.157. The first-order valence-electron chi connectivity index (χ1n) is 10.9. The molecule has 33 heavy (non-hydrogen) atoms. The second-order valence-corrected chi connectivity index (χ2v) is 11.6. The molecular weight excluding hydrogens is 440 g/mol. The van der Waals surface area contributed by atoms with Crippen molar-refractivity contribution in [3.63, 3.8) is 0 Å². The minimum atomic E-state index is -3.47. The summed E-state index contributed by atoms with van der Waals surface area (Å²) in [6.07, 6.45) is 0.443. The molecule has 2 N–H and O–H groups in total. The van der Waals surface area contributed by atoms with Crippen LogP contribution in [0.5, 0.6) is 0 Å². The molecule has 2 rings (SSSR count). The zero-order valence-corrected chi connectivity index (χ0v) is 21.0. The van der Waals surface area contributed by atoms with Crippen molar-refractivity contribution in [1.82, 2.24) is 5.32 Å². The number of rotatable bonds is 8. The average Bonchev–Trinajstić information content (AvgIpc) is 2.67. The molecule has 0 aliphatic rings. The van der Waals surface area contributed by atoms with Crippen LogP contribution >= 0.6 is 0 Å². The maximum absolute atomic E-state index is 12.6. The topological polar surface area (TPSA) is 102 Å². The maximum atomic E-state index is 12.6. The molecule has 7 nitrogen and oxygen atoms in total. The molecule has 0 fully saturated rings. The van der Waals surface area contributed by atoms with Crippen LogP contribution in [0.25, 0.3) is 0 Å². The summed E-state index contributed by atoms with van der Waals surface area (Å²) in [6, 6.07) is 12.0. The fraction of sp³-hybridized carbons (Fsp3) is 0.440. The maximum Gasteiger partial charge on any atom is 0.329 e. The predicted octanol–water partition coefficient (Wildman–Crippen LogP) is 4.85. The number of esters is 1. The third-order valence-electron chi connectivity index (χ3n) is 4.65. The Morgan fingerprint density at radius 1 is 0.970 bits per heavy atom. The highest BCUT2D eigenvalue weighted by atomic mass is 32.2. The summed E-state index contributed by atoms with van der Waals surface area (Å²) in [5, 5.41) is 5.36. The molecule has 8 heteroatoms. The van der Waals surface area contributed by atoms with E-state index in [1.165, 1.54) is 0 Å². The summed E-state index contributed by atoms with van der Waals surface area (Å²) in [6.45, 7) is 11.1. The van der Waals surface area contributed by atoms with E-state index in [1.54, 1.807) is 69.3 Å². The lowest BCUT2D eigenvalue weighted by Crippen LogP contribution is -2.46. The van der Waals surface area contributed by atoms with Crippen molar-refractivity contribution in [3.8, 4) is 0 Å². The van der Waals surface area contributed by atoms with Crippen molar-refractivity contribution in [2.45, 2.75) is 70.3 Å². The Morgan fingerprint density at radius 3 is 2.06 bits per heavy atom. The summed E-state index contributed by atoms with van der Waals surface area (Å²) in [5.74, 6) is -0.446. The quantitative estimate of drug-likeness (QED) is 0.533. The van der Waals surface area contributed by atoms with Gasteiger partial charge in [0, 0.05) is 5.69 Å². The number of carbonyl (C=O) groups excluding carboxylic acids is 2. The van der Waals surface area contributed by atoms with Crippen molar-refractivity contribution in [3.05, 3.63) is 59.7 Å². The Hall–Kier alpha value is -2.87. The van der Waals surface area contributed by atoms with Gasteiger partial charge in [0.25, 0.3) is 0 Å². The smallest absolute Gasteiger partial charge is 0.329 e. The summed E-state index contributed by atoms with van der Waals surface area (Å²) < 4.78 is 30.7. The van der Waals surface area contributed by atoms with E-state index in [4.69, 9.17) is 4.74 Å². The highest BCUT2D eigenvalue weighted by molar-refractivity contribution is 7.90. The lowest BCUT2D eigenvalue weighted by Gasteiger charge is -2.25. The monoisotopic (exact) mass is 474 g/mol. The molecule has 0 aliphatic heterocycles. The normalized spacial score (nSPS) is 12.8. The first-order valence-corrected chi connectivity index (χ1v) is 12.6. The fourth-order valence-corrected chi connectivity index (χ4v) is 4.47. The van der Waals surface area contributed by atoms with E-state index >= 15 is 0 Å². The van der Waals surface area contributed by atoms with Crippen LogP contribution in [-0.4, -0.2) is 32.1 Å². The Kier molecular flexibility index (Phi) is 8.66. The van der Waals surface area contributed by atoms with Gasteiger partial charge in [-0.15, -0.1) is 0 Å². The van der Waals surface area contributed by atoms with Crippen LogP contribution < -0.4 is 10.6 Å². The molecule has 0 spiro atoms. The number of benzene rings is 2. The number of aryl methyl sites for hydroxylation is 1. The van der Waals surface area contributed by atoms with Gasteiger partial charge in [-0.1, -0.05) is 43.7 Å². The molecular formula is C25H34N2O5S. The predicted molar refractivity (Wildman–Crippen MR) is 130 cm³/mol. The standard InChI is InChI=1S/C25H34N2O5S/c1-17(2)15-22(23(28)32-25(4,5)6)27-24(29)26-20-11-9-19(10-12-20)16-33(30,31)21-13-7-18(3)8-14-21/h7-14,17,22H,15-16H2,1-6H3,(H2,26,27,29)/t22-/m1/s1. The van der Waals surface area contributed by atoms with Crippen LogP contribution in [0.2, 0.25) is 0 Å². The van der Waals surface area contributed by atoms with Crippen molar-refractivity contribution in [2.75, 3.05) is 5.32 Å². The number of urea groups is 1. The minimum Gasteiger partial charge on any atom is -0.458 e. The van der Waals surface area contributed by atoms with Crippen molar-refractivity contribution >= 4 is 27.5 Å². The van der Waals surface area contributed by atoms with Gasteiger partial charge in [0.2, 0.25) is 0 Å². The molecule has 180 valence electrons. The molecule has 0 aliphatic carbocycles. The van der Waals surface area contributed by atoms with E-state index in [1.807, 2.05) is 20.8 Å². The number of hydrogen-bond donors (Lipinski definition) is 2. The molecule has 1 atom stereocenters. The molecule has 0 bridgehead atoms. The van der Waals surface area contributed by atoms with E-state index < -0.39 is 33.5 Å². The van der Waals surface area contributed by atoms with Crippen LogP contribution in [-0.2, 0) is 25.1 Å². The van der Waals surface area contributed by atoms with E-state index in [0.29, 0.717) is 17.7 Å². The van der Waals surface area contributed by atoms with Crippen molar-refractivity contribution in [1.29, 1.82) is 0 Å². The molecule has 2 amide bonds. The van der Waals surface area contributed by atoms with Crippen LogP contribution in [0.1, 0.15) is 52.2 Å². The Morgan fingerprint density at radius 2 is 1.55 bits per heavy atom. The molecule has 0 radical (unpaired) electrons. The van der Waals surface area contributed by atoms with E-state index in [-0.39, 0.29) is 16.6 Å². The summed E-state index contributed by atoms with van der Waals surface area (Å²) in [5.41, 5.74) is 1.42. The van der Waals surface area contributed by atoms with Crippen LogP contribution in [0, 0.1) is 12.8 Å². The number of ether oxygens (including phenoxy) is 1. The second kappa shape index (κ2) is 10.8. The first-order chi connectivity index (χ1) is 15.2. The van der Waals surface area contributed by atoms with Gasteiger partial charge in [0.15, 0.2) is 9.84 Å². The Balaban J connectivity index is 2.01. The molecule has 0 unspecified atom stereocenters.